The second-order valence-corrected chi connectivity index (χ2v) is 3.73. The van der Waals surface area contributed by atoms with Gasteiger partial charge in [-0.1, -0.05) is 0 Å². The maximum absolute atomic E-state index is 11.7. The van der Waals surface area contributed by atoms with Crippen LogP contribution in [0, 0.1) is 0 Å². The Morgan fingerprint density at radius 3 is 2.41 bits per heavy atom. The molecule has 0 aliphatic heterocycles. The van der Waals surface area contributed by atoms with Crippen molar-refractivity contribution in [1.29, 1.82) is 0 Å². The van der Waals surface area contributed by atoms with E-state index in [-0.39, 0.29) is 5.78 Å². The molecule has 1 aromatic rings. The number of carbonyl (C=O) groups excluding carboxylic acids is 1. The molecule has 0 bridgehead atoms. The molecule has 0 unspecified atom stereocenters. The first kappa shape index (κ1) is 13.0. The van der Waals surface area contributed by atoms with E-state index in [1.165, 1.54) is 0 Å². The highest BCUT2D eigenvalue weighted by atomic mass is 16.4. The summed E-state index contributed by atoms with van der Waals surface area (Å²) in [6.45, 7) is 0.379. The van der Waals surface area contributed by atoms with E-state index < -0.39 is 6.09 Å². The molecular weight excluding hydrogens is 220 g/mol. The van der Waals surface area contributed by atoms with E-state index in [1.807, 2.05) is 0 Å². The summed E-state index contributed by atoms with van der Waals surface area (Å²) in [5.74, 6) is 0.0559. The van der Waals surface area contributed by atoms with Gasteiger partial charge in [-0.3, -0.25) is 4.79 Å². The minimum absolute atomic E-state index is 0.0559. The lowest BCUT2D eigenvalue weighted by molar-refractivity contribution is 0.0979. The number of nitrogens with one attached hydrogen (secondary N) is 1. The quantitative estimate of drug-likeness (QED) is 0.399. The average molecular weight is 236 g/mol. The zero-order chi connectivity index (χ0) is 12.7. The molecule has 0 aliphatic rings. The van der Waals surface area contributed by atoms with E-state index in [4.69, 9.17) is 10.8 Å². The van der Waals surface area contributed by atoms with Crippen LogP contribution in [0.5, 0.6) is 0 Å². The Morgan fingerprint density at radius 2 is 1.82 bits per heavy atom. The van der Waals surface area contributed by atoms with Crippen molar-refractivity contribution in [2.24, 2.45) is 0 Å². The van der Waals surface area contributed by atoms with Gasteiger partial charge in [0.05, 0.1) is 0 Å². The van der Waals surface area contributed by atoms with Crippen LogP contribution >= 0.6 is 0 Å². The Labute approximate surface area is 99.6 Å². The summed E-state index contributed by atoms with van der Waals surface area (Å²) in [7, 11) is 0. The van der Waals surface area contributed by atoms with Gasteiger partial charge >= 0.3 is 6.09 Å². The number of nitrogens with two attached hydrogens (primary N) is 1. The van der Waals surface area contributed by atoms with Gasteiger partial charge in [0.15, 0.2) is 5.78 Å². The number of carbonyl (C=O) groups is 2. The molecular formula is C12H16N2O3. The van der Waals surface area contributed by atoms with Crippen molar-refractivity contribution >= 4 is 17.6 Å². The van der Waals surface area contributed by atoms with Gasteiger partial charge in [0, 0.05) is 24.2 Å². The van der Waals surface area contributed by atoms with E-state index in [1.54, 1.807) is 24.3 Å². The minimum Gasteiger partial charge on any atom is -0.465 e. The van der Waals surface area contributed by atoms with E-state index in [9.17, 15) is 9.59 Å². The third-order valence-electron chi connectivity index (χ3n) is 2.34. The molecule has 1 aromatic carbocycles. The van der Waals surface area contributed by atoms with Crippen molar-refractivity contribution in [3.05, 3.63) is 29.8 Å². The fourth-order valence-electron chi connectivity index (χ4n) is 1.42. The average Bonchev–Trinajstić information content (AvgIpc) is 2.29. The normalized spacial score (nSPS) is 9.88. The first-order valence-electron chi connectivity index (χ1n) is 5.45. The Kier molecular flexibility index (Phi) is 5.00. The standard InChI is InChI=1S/C12H16N2O3/c13-10-6-4-9(5-7-10)11(15)3-1-2-8-14-12(16)17/h4-7,14H,1-3,8,13H2,(H,16,17). The molecule has 5 heteroatoms. The second kappa shape index (κ2) is 6.52. The van der Waals surface area contributed by atoms with Crippen molar-refractivity contribution in [3.63, 3.8) is 0 Å². The van der Waals surface area contributed by atoms with Gasteiger partial charge < -0.3 is 16.2 Å². The molecule has 0 radical (unpaired) electrons. The second-order valence-electron chi connectivity index (χ2n) is 3.73. The number of unbranched alkanes of at least 4 members (excludes halogenated alkanes) is 1. The summed E-state index contributed by atoms with van der Waals surface area (Å²) >= 11 is 0. The molecule has 1 amide bonds. The van der Waals surface area contributed by atoms with Gasteiger partial charge in [-0.15, -0.1) is 0 Å². The highest BCUT2D eigenvalue weighted by Crippen LogP contribution is 2.09. The smallest absolute Gasteiger partial charge is 0.404 e. The fraction of sp³-hybridized carbons (Fsp3) is 0.333. The number of hydrogen-bond acceptors (Lipinski definition) is 3. The van der Waals surface area contributed by atoms with Crippen LogP contribution in [-0.2, 0) is 0 Å². The van der Waals surface area contributed by atoms with Crippen molar-refractivity contribution < 1.29 is 14.7 Å². The highest BCUT2D eigenvalue weighted by molar-refractivity contribution is 5.96. The number of nitrogen functional groups attached to an aromatic ring is 1. The molecule has 0 fully saturated rings. The Hall–Kier alpha value is -2.04. The van der Waals surface area contributed by atoms with Crippen LogP contribution in [0.1, 0.15) is 29.6 Å². The monoisotopic (exact) mass is 236 g/mol. The third kappa shape index (κ3) is 5.01. The van der Waals surface area contributed by atoms with Crippen LogP contribution in [0.4, 0.5) is 10.5 Å². The molecule has 17 heavy (non-hydrogen) atoms. The molecule has 0 saturated carbocycles. The summed E-state index contributed by atoms with van der Waals surface area (Å²) in [4.78, 5) is 21.8. The first-order chi connectivity index (χ1) is 8.09. The maximum Gasteiger partial charge on any atom is 0.404 e. The van der Waals surface area contributed by atoms with Crippen LogP contribution in [0.15, 0.2) is 24.3 Å². The van der Waals surface area contributed by atoms with Gasteiger partial charge in [0.25, 0.3) is 0 Å². The number of anilines is 1. The summed E-state index contributed by atoms with van der Waals surface area (Å²) in [6.07, 6.45) is 0.719. The zero-order valence-electron chi connectivity index (χ0n) is 9.48. The van der Waals surface area contributed by atoms with Crippen LogP contribution in [0.2, 0.25) is 0 Å². The first-order valence-corrected chi connectivity index (χ1v) is 5.45. The van der Waals surface area contributed by atoms with E-state index in [0.717, 1.165) is 0 Å². The zero-order valence-corrected chi connectivity index (χ0v) is 9.48. The number of rotatable bonds is 6. The molecule has 0 atom stereocenters. The van der Waals surface area contributed by atoms with Gasteiger partial charge in [-0.2, -0.15) is 0 Å². The van der Waals surface area contributed by atoms with Crippen molar-refractivity contribution in [1.82, 2.24) is 5.32 Å². The molecule has 1 rings (SSSR count). The maximum atomic E-state index is 11.7. The summed E-state index contributed by atoms with van der Waals surface area (Å²) < 4.78 is 0. The number of ketones is 1. The van der Waals surface area contributed by atoms with Crippen LogP contribution in [0.25, 0.3) is 0 Å². The van der Waals surface area contributed by atoms with Crippen molar-refractivity contribution in [2.45, 2.75) is 19.3 Å². The summed E-state index contributed by atoms with van der Waals surface area (Å²) in [6, 6.07) is 6.79. The van der Waals surface area contributed by atoms with E-state index >= 15 is 0 Å². The predicted octanol–water partition coefficient (Wildman–Crippen LogP) is 1.89. The van der Waals surface area contributed by atoms with Crippen LogP contribution in [-0.4, -0.2) is 23.5 Å². The van der Waals surface area contributed by atoms with E-state index in [0.29, 0.717) is 37.1 Å². The Bertz CT molecular complexity index is 387. The molecule has 0 spiro atoms. The number of carboxylic acid groups (broad SMARTS) is 1. The van der Waals surface area contributed by atoms with Crippen molar-refractivity contribution in [3.8, 4) is 0 Å². The van der Waals surface area contributed by atoms with Gasteiger partial charge in [-0.25, -0.2) is 4.79 Å². The molecule has 0 heterocycles. The Morgan fingerprint density at radius 1 is 1.18 bits per heavy atom. The number of hydrogen-bond donors (Lipinski definition) is 3. The van der Waals surface area contributed by atoms with Crippen LogP contribution in [0.3, 0.4) is 0 Å². The number of Topliss-reactive ketones (excluding diaryl/α,β-unsaturated/α-hetero) is 1. The third-order valence-corrected chi connectivity index (χ3v) is 2.34. The van der Waals surface area contributed by atoms with Gasteiger partial charge in [0.1, 0.15) is 0 Å². The number of benzene rings is 1. The van der Waals surface area contributed by atoms with E-state index in [2.05, 4.69) is 5.32 Å². The molecule has 0 aromatic heterocycles. The molecule has 92 valence electrons. The van der Waals surface area contributed by atoms with Crippen molar-refractivity contribution in [2.75, 3.05) is 12.3 Å². The lowest BCUT2D eigenvalue weighted by Gasteiger charge is -2.02. The largest absolute Gasteiger partial charge is 0.465 e. The topological polar surface area (TPSA) is 92.4 Å². The molecule has 4 N–H and O–H groups in total. The van der Waals surface area contributed by atoms with Crippen LogP contribution < -0.4 is 11.1 Å². The Balaban J connectivity index is 2.25. The molecule has 0 saturated heterocycles. The number of amides is 1. The highest BCUT2D eigenvalue weighted by Gasteiger charge is 2.05. The fourth-order valence-corrected chi connectivity index (χ4v) is 1.42. The summed E-state index contributed by atoms with van der Waals surface area (Å²) in [5, 5.41) is 10.6. The van der Waals surface area contributed by atoms with Gasteiger partial charge in [0.2, 0.25) is 0 Å². The van der Waals surface area contributed by atoms with Gasteiger partial charge in [-0.05, 0) is 37.1 Å². The predicted molar refractivity (Wildman–Crippen MR) is 65.1 cm³/mol. The lowest BCUT2D eigenvalue weighted by Crippen LogP contribution is -2.21. The molecule has 0 aliphatic carbocycles. The lowest BCUT2D eigenvalue weighted by atomic mass is 10.1. The molecule has 5 nitrogen and oxygen atoms in total. The minimum atomic E-state index is -1.03. The summed E-state index contributed by atoms with van der Waals surface area (Å²) in [5.41, 5.74) is 6.80. The SMILES string of the molecule is Nc1ccc(C(=O)CCCCNC(=O)O)cc1.